The van der Waals surface area contributed by atoms with Crippen molar-refractivity contribution >= 4 is 35.1 Å². The normalized spacial score (nSPS) is 19.2. The van der Waals surface area contributed by atoms with E-state index < -0.39 is 29.6 Å². The number of halogens is 2. The lowest BCUT2D eigenvalue weighted by atomic mass is 9.99. The molecule has 2 rings (SSSR count). The second kappa shape index (κ2) is 5.58. The monoisotopic (exact) mass is 298 g/mol. The van der Waals surface area contributed by atoms with Gasteiger partial charge in [0.1, 0.15) is 11.7 Å². The van der Waals surface area contributed by atoms with Gasteiger partial charge in [-0.15, -0.1) is 0 Å². The molecule has 0 saturated carbocycles. The number of carbonyl (C=O) groups is 3. The number of nitrogens with one attached hydrogen (secondary N) is 1. The quantitative estimate of drug-likeness (QED) is 0.872. The summed E-state index contributed by atoms with van der Waals surface area (Å²) in [5, 5.41) is 2.24. The zero-order valence-corrected chi connectivity index (χ0v) is 11.4. The number of anilines is 1. The molecule has 0 spiro atoms. The van der Waals surface area contributed by atoms with Crippen LogP contribution < -0.4 is 10.2 Å². The van der Waals surface area contributed by atoms with Crippen LogP contribution in [0.1, 0.15) is 19.8 Å². The molecule has 0 bridgehead atoms. The van der Waals surface area contributed by atoms with Gasteiger partial charge in [0.25, 0.3) is 0 Å². The van der Waals surface area contributed by atoms with Gasteiger partial charge in [-0.2, -0.15) is 0 Å². The van der Waals surface area contributed by atoms with Gasteiger partial charge in [-0.3, -0.25) is 14.9 Å². The molecule has 1 saturated heterocycles. The summed E-state index contributed by atoms with van der Waals surface area (Å²) in [6.45, 7) is 1.81. The molecule has 20 heavy (non-hydrogen) atoms. The fourth-order valence-electron chi connectivity index (χ4n) is 2.05. The third-order valence-corrected chi connectivity index (χ3v) is 3.23. The molecule has 1 fully saturated rings. The highest BCUT2D eigenvalue weighted by atomic mass is 35.5. The summed E-state index contributed by atoms with van der Waals surface area (Å²) in [5.74, 6) is -3.14. The summed E-state index contributed by atoms with van der Waals surface area (Å²) in [4.78, 5) is 36.3. The minimum atomic E-state index is -0.990. The number of imide groups is 2. The molecule has 4 amide bonds. The molecule has 7 heteroatoms. The minimum Gasteiger partial charge on any atom is -0.277 e. The first-order valence-corrected chi connectivity index (χ1v) is 6.47. The van der Waals surface area contributed by atoms with E-state index >= 15 is 0 Å². The Morgan fingerprint density at radius 2 is 2.05 bits per heavy atom. The van der Waals surface area contributed by atoms with Gasteiger partial charge in [-0.25, -0.2) is 14.1 Å². The number of carbonyl (C=O) groups excluding carboxylic acids is 3. The minimum absolute atomic E-state index is 0.186. The molecule has 1 aromatic rings. The Hall–Kier alpha value is -1.95. The van der Waals surface area contributed by atoms with E-state index in [1.165, 1.54) is 12.1 Å². The number of rotatable bonds is 3. The molecule has 0 aromatic heterocycles. The van der Waals surface area contributed by atoms with Crippen LogP contribution in [-0.2, 0) is 9.59 Å². The number of urea groups is 1. The smallest absolute Gasteiger partial charge is 0.277 e. The van der Waals surface area contributed by atoms with Crippen LogP contribution in [0.5, 0.6) is 0 Å². The maximum atomic E-state index is 13.8. The zero-order valence-electron chi connectivity index (χ0n) is 10.7. The Kier molecular flexibility index (Phi) is 4.04. The first-order valence-electron chi connectivity index (χ1n) is 6.09. The van der Waals surface area contributed by atoms with Gasteiger partial charge in [-0.1, -0.05) is 24.9 Å². The van der Waals surface area contributed by atoms with Gasteiger partial charge in [0.2, 0.25) is 11.8 Å². The van der Waals surface area contributed by atoms with Crippen molar-refractivity contribution in [1.29, 1.82) is 0 Å². The van der Waals surface area contributed by atoms with Crippen LogP contribution in [0.2, 0.25) is 5.02 Å². The number of hydrogen-bond donors (Lipinski definition) is 1. The molecule has 1 unspecified atom stereocenters. The van der Waals surface area contributed by atoms with Crippen LogP contribution >= 0.6 is 11.6 Å². The van der Waals surface area contributed by atoms with Crippen molar-refractivity contribution in [3.05, 3.63) is 29.0 Å². The first-order chi connectivity index (χ1) is 9.45. The van der Waals surface area contributed by atoms with Crippen LogP contribution in [0.25, 0.3) is 0 Å². The van der Waals surface area contributed by atoms with Gasteiger partial charge in [0.15, 0.2) is 0 Å². The molecule has 5 nitrogen and oxygen atoms in total. The summed E-state index contributed by atoms with van der Waals surface area (Å²) in [7, 11) is 0. The fourth-order valence-corrected chi connectivity index (χ4v) is 2.21. The number of benzene rings is 1. The number of amides is 4. The van der Waals surface area contributed by atoms with Crippen molar-refractivity contribution in [3.63, 3.8) is 0 Å². The van der Waals surface area contributed by atoms with Crippen LogP contribution in [0.3, 0.4) is 0 Å². The summed E-state index contributed by atoms with van der Waals surface area (Å²) in [6.07, 6.45) is 0.876. The zero-order chi connectivity index (χ0) is 14.9. The van der Waals surface area contributed by atoms with E-state index in [0.717, 1.165) is 6.07 Å². The lowest BCUT2D eigenvalue weighted by Crippen LogP contribution is -2.58. The number of nitrogens with zero attached hydrogens (tertiary/aromatic N) is 1. The van der Waals surface area contributed by atoms with E-state index in [-0.39, 0.29) is 17.1 Å². The maximum absolute atomic E-state index is 13.8. The highest BCUT2D eigenvalue weighted by Gasteiger charge is 2.41. The summed E-state index contributed by atoms with van der Waals surface area (Å²) >= 11 is 5.75. The van der Waals surface area contributed by atoms with Crippen molar-refractivity contribution in [1.82, 2.24) is 5.32 Å². The van der Waals surface area contributed by atoms with E-state index in [2.05, 4.69) is 5.32 Å². The van der Waals surface area contributed by atoms with Crippen molar-refractivity contribution in [2.24, 2.45) is 5.92 Å². The molecule has 0 aliphatic carbocycles. The fraction of sp³-hybridized carbons (Fsp3) is 0.308. The van der Waals surface area contributed by atoms with Crippen molar-refractivity contribution in [2.75, 3.05) is 4.90 Å². The molecule has 1 N–H and O–H groups in total. The molecular formula is C13H12ClFN2O3. The highest BCUT2D eigenvalue weighted by molar-refractivity contribution is 6.32. The predicted octanol–water partition coefficient (Wildman–Crippen LogP) is 2.48. The maximum Gasteiger partial charge on any atom is 0.335 e. The van der Waals surface area contributed by atoms with Crippen LogP contribution in [-0.4, -0.2) is 17.8 Å². The molecule has 1 atom stereocenters. The van der Waals surface area contributed by atoms with Gasteiger partial charge in [0.05, 0.1) is 5.69 Å². The Morgan fingerprint density at radius 3 is 2.70 bits per heavy atom. The Morgan fingerprint density at radius 1 is 1.35 bits per heavy atom. The largest absolute Gasteiger partial charge is 0.335 e. The van der Waals surface area contributed by atoms with E-state index in [4.69, 9.17) is 11.6 Å². The first kappa shape index (κ1) is 14.5. The van der Waals surface area contributed by atoms with Crippen molar-refractivity contribution in [3.8, 4) is 0 Å². The predicted molar refractivity (Wildman–Crippen MR) is 70.8 cm³/mol. The third kappa shape index (κ3) is 2.51. The number of barbiturate groups is 1. The van der Waals surface area contributed by atoms with E-state index in [1.54, 1.807) is 6.92 Å². The Bertz CT molecular complexity index is 591. The standard InChI is InChI=1S/C13H12ClFN2O3/c1-2-3-8-11(18)16-13(20)17(12(8)19)10-6-7(14)4-5-9(10)15/h4-6,8H,2-3H2,1H3,(H,16,18,20). The average molecular weight is 299 g/mol. The lowest BCUT2D eigenvalue weighted by Gasteiger charge is -2.30. The second-order valence-corrected chi connectivity index (χ2v) is 4.84. The Labute approximate surface area is 119 Å². The van der Waals surface area contributed by atoms with Gasteiger partial charge < -0.3 is 0 Å². The molecule has 1 aromatic carbocycles. The average Bonchev–Trinajstić information content (AvgIpc) is 2.38. The van der Waals surface area contributed by atoms with E-state index in [9.17, 15) is 18.8 Å². The summed E-state index contributed by atoms with van der Waals surface area (Å²) in [5.41, 5.74) is -0.256. The van der Waals surface area contributed by atoms with E-state index in [1.807, 2.05) is 0 Å². The Balaban J connectivity index is 2.43. The summed E-state index contributed by atoms with van der Waals surface area (Å²) < 4.78 is 13.8. The van der Waals surface area contributed by atoms with Gasteiger partial charge in [-0.05, 0) is 24.6 Å². The van der Waals surface area contributed by atoms with Gasteiger partial charge in [0, 0.05) is 5.02 Å². The molecule has 1 aliphatic rings. The molecule has 1 heterocycles. The molecule has 0 radical (unpaired) electrons. The van der Waals surface area contributed by atoms with E-state index in [0.29, 0.717) is 11.3 Å². The third-order valence-electron chi connectivity index (χ3n) is 2.99. The second-order valence-electron chi connectivity index (χ2n) is 4.41. The van der Waals surface area contributed by atoms with Crippen molar-refractivity contribution < 1.29 is 18.8 Å². The van der Waals surface area contributed by atoms with Crippen LogP contribution in [0.15, 0.2) is 18.2 Å². The lowest BCUT2D eigenvalue weighted by molar-refractivity contribution is -0.134. The molecular weight excluding hydrogens is 287 g/mol. The van der Waals surface area contributed by atoms with Crippen LogP contribution in [0, 0.1) is 11.7 Å². The highest BCUT2D eigenvalue weighted by Crippen LogP contribution is 2.28. The van der Waals surface area contributed by atoms with Gasteiger partial charge >= 0.3 is 6.03 Å². The van der Waals surface area contributed by atoms with Crippen LogP contribution in [0.4, 0.5) is 14.9 Å². The van der Waals surface area contributed by atoms with Crippen molar-refractivity contribution in [2.45, 2.75) is 19.8 Å². The summed E-state index contributed by atoms with van der Waals surface area (Å²) in [6, 6.07) is 2.58. The topological polar surface area (TPSA) is 66.5 Å². The number of hydrogen-bond acceptors (Lipinski definition) is 3. The molecule has 1 aliphatic heterocycles. The SMILES string of the molecule is CCCC1C(=O)NC(=O)N(c2cc(Cl)ccc2F)C1=O. The molecule has 106 valence electrons.